The summed E-state index contributed by atoms with van der Waals surface area (Å²) in [5, 5.41) is 10.8. The van der Waals surface area contributed by atoms with Crippen molar-refractivity contribution in [1.29, 1.82) is 0 Å². The minimum atomic E-state index is 0.521. The molecule has 0 radical (unpaired) electrons. The molecule has 0 unspecified atom stereocenters. The standard InChI is InChI=1S/C21H34N8/c1-4-22-21(24-16-20-25-17-26-27(20)3)23-9-6-10-28-11-13-29(14-12-28)19-8-5-7-18(2)15-19/h5,7-8,15,17H,4,6,9-14,16H2,1-3H3,(H2,22,23,24). The van der Waals surface area contributed by atoms with E-state index in [0.717, 1.165) is 64.0 Å². The number of aryl methyl sites for hydroxylation is 2. The Labute approximate surface area is 174 Å². The van der Waals surface area contributed by atoms with Crippen LogP contribution in [0.5, 0.6) is 0 Å². The van der Waals surface area contributed by atoms with Gasteiger partial charge in [-0.2, -0.15) is 5.10 Å². The van der Waals surface area contributed by atoms with Crippen molar-refractivity contribution in [2.75, 3.05) is 50.7 Å². The first-order valence-corrected chi connectivity index (χ1v) is 10.5. The molecule has 1 aliphatic rings. The Balaban J connectivity index is 1.36. The highest BCUT2D eigenvalue weighted by molar-refractivity contribution is 5.79. The number of hydrogen-bond donors (Lipinski definition) is 2. The summed E-state index contributed by atoms with van der Waals surface area (Å²) in [6.45, 7) is 12.0. The lowest BCUT2D eigenvalue weighted by atomic mass is 10.2. The summed E-state index contributed by atoms with van der Waals surface area (Å²) in [6.07, 6.45) is 2.66. The highest BCUT2D eigenvalue weighted by atomic mass is 15.3. The second-order valence-electron chi connectivity index (χ2n) is 7.44. The van der Waals surface area contributed by atoms with Crippen LogP contribution >= 0.6 is 0 Å². The fourth-order valence-electron chi connectivity index (χ4n) is 3.52. The molecule has 1 fully saturated rings. The molecule has 0 spiro atoms. The normalized spacial score (nSPS) is 15.6. The van der Waals surface area contributed by atoms with E-state index in [2.05, 4.69) is 73.6 Å². The number of nitrogens with zero attached hydrogens (tertiary/aromatic N) is 6. The Kier molecular flexibility index (Phi) is 7.86. The number of anilines is 1. The lowest BCUT2D eigenvalue weighted by Gasteiger charge is -2.36. The van der Waals surface area contributed by atoms with Gasteiger partial charge >= 0.3 is 0 Å². The lowest BCUT2D eigenvalue weighted by molar-refractivity contribution is 0.255. The maximum absolute atomic E-state index is 4.60. The van der Waals surface area contributed by atoms with Crippen molar-refractivity contribution < 1.29 is 0 Å². The number of benzene rings is 1. The highest BCUT2D eigenvalue weighted by Crippen LogP contribution is 2.17. The molecule has 1 aliphatic heterocycles. The number of aliphatic imine (C=N–C) groups is 1. The fraction of sp³-hybridized carbons (Fsp3) is 0.571. The second kappa shape index (κ2) is 10.8. The molecule has 2 N–H and O–H groups in total. The Morgan fingerprint density at radius 3 is 2.69 bits per heavy atom. The van der Waals surface area contributed by atoms with E-state index in [-0.39, 0.29) is 0 Å². The Morgan fingerprint density at radius 2 is 2.00 bits per heavy atom. The molecule has 3 rings (SSSR count). The van der Waals surface area contributed by atoms with E-state index >= 15 is 0 Å². The predicted molar refractivity (Wildman–Crippen MR) is 118 cm³/mol. The summed E-state index contributed by atoms with van der Waals surface area (Å²) in [5.41, 5.74) is 2.68. The van der Waals surface area contributed by atoms with Gasteiger partial charge in [0.1, 0.15) is 18.7 Å². The van der Waals surface area contributed by atoms with Crippen molar-refractivity contribution in [2.45, 2.75) is 26.8 Å². The van der Waals surface area contributed by atoms with Gasteiger partial charge in [-0.3, -0.25) is 9.58 Å². The van der Waals surface area contributed by atoms with Crippen LogP contribution in [-0.4, -0.2) is 71.4 Å². The smallest absolute Gasteiger partial charge is 0.191 e. The van der Waals surface area contributed by atoms with Gasteiger partial charge in [-0.1, -0.05) is 12.1 Å². The first-order chi connectivity index (χ1) is 14.2. The Bertz CT molecular complexity index is 776. The summed E-state index contributed by atoms with van der Waals surface area (Å²) >= 11 is 0. The van der Waals surface area contributed by atoms with Crippen molar-refractivity contribution in [3.63, 3.8) is 0 Å². The second-order valence-corrected chi connectivity index (χ2v) is 7.44. The summed E-state index contributed by atoms with van der Waals surface area (Å²) in [7, 11) is 1.89. The lowest BCUT2D eigenvalue weighted by Crippen LogP contribution is -2.47. The quantitative estimate of drug-likeness (QED) is 0.398. The van der Waals surface area contributed by atoms with Gasteiger partial charge in [0.15, 0.2) is 5.96 Å². The molecule has 1 saturated heterocycles. The van der Waals surface area contributed by atoms with Gasteiger partial charge in [0.05, 0.1) is 0 Å². The van der Waals surface area contributed by atoms with Crippen LogP contribution in [0, 0.1) is 6.92 Å². The molecule has 0 atom stereocenters. The SMILES string of the molecule is CCNC(=NCc1ncnn1C)NCCCN1CCN(c2cccc(C)c2)CC1. The number of rotatable bonds is 8. The van der Waals surface area contributed by atoms with E-state index in [0.29, 0.717) is 6.54 Å². The molecule has 1 aromatic heterocycles. The van der Waals surface area contributed by atoms with Crippen LogP contribution < -0.4 is 15.5 Å². The molecule has 0 bridgehead atoms. The number of piperazine rings is 1. The van der Waals surface area contributed by atoms with Gasteiger partial charge in [0, 0.05) is 52.0 Å². The Hall–Kier alpha value is -2.61. The van der Waals surface area contributed by atoms with Crippen LogP contribution in [0.2, 0.25) is 0 Å². The van der Waals surface area contributed by atoms with Crippen molar-refractivity contribution >= 4 is 11.6 Å². The van der Waals surface area contributed by atoms with Gasteiger partial charge in [-0.05, 0) is 44.5 Å². The minimum Gasteiger partial charge on any atom is -0.369 e. The third-order valence-corrected chi connectivity index (χ3v) is 5.21. The fourth-order valence-corrected chi connectivity index (χ4v) is 3.52. The summed E-state index contributed by atoms with van der Waals surface area (Å²) < 4.78 is 1.75. The van der Waals surface area contributed by atoms with E-state index in [1.807, 2.05) is 7.05 Å². The van der Waals surface area contributed by atoms with E-state index < -0.39 is 0 Å². The van der Waals surface area contributed by atoms with Gasteiger partial charge in [0.25, 0.3) is 0 Å². The van der Waals surface area contributed by atoms with Crippen LogP contribution in [0.4, 0.5) is 5.69 Å². The monoisotopic (exact) mass is 398 g/mol. The van der Waals surface area contributed by atoms with Crippen LogP contribution in [0.15, 0.2) is 35.6 Å². The molecule has 29 heavy (non-hydrogen) atoms. The number of aromatic nitrogens is 3. The molecule has 0 amide bonds. The molecule has 8 heteroatoms. The van der Waals surface area contributed by atoms with E-state index in [9.17, 15) is 0 Å². The van der Waals surface area contributed by atoms with Gasteiger partial charge in [-0.25, -0.2) is 9.98 Å². The zero-order valence-corrected chi connectivity index (χ0v) is 17.9. The van der Waals surface area contributed by atoms with Gasteiger partial charge in [0.2, 0.25) is 0 Å². The van der Waals surface area contributed by atoms with Crippen LogP contribution in [-0.2, 0) is 13.6 Å². The number of nitrogens with one attached hydrogen (secondary N) is 2. The Morgan fingerprint density at radius 1 is 1.17 bits per heavy atom. The minimum absolute atomic E-state index is 0.521. The molecule has 0 aliphatic carbocycles. The summed E-state index contributed by atoms with van der Waals surface area (Å²) in [6, 6.07) is 8.80. The van der Waals surface area contributed by atoms with E-state index in [4.69, 9.17) is 0 Å². The molecule has 1 aromatic carbocycles. The number of hydrogen-bond acceptors (Lipinski definition) is 5. The van der Waals surface area contributed by atoms with Crippen molar-refractivity contribution in [3.8, 4) is 0 Å². The first-order valence-electron chi connectivity index (χ1n) is 10.5. The molecule has 8 nitrogen and oxygen atoms in total. The van der Waals surface area contributed by atoms with Crippen LogP contribution in [0.1, 0.15) is 24.7 Å². The molecule has 2 heterocycles. The average molecular weight is 399 g/mol. The van der Waals surface area contributed by atoms with Crippen LogP contribution in [0.25, 0.3) is 0 Å². The topological polar surface area (TPSA) is 73.6 Å². The van der Waals surface area contributed by atoms with Crippen molar-refractivity contribution in [3.05, 3.63) is 42.0 Å². The van der Waals surface area contributed by atoms with E-state index in [1.165, 1.54) is 11.3 Å². The molecule has 0 saturated carbocycles. The first kappa shape index (κ1) is 21.1. The van der Waals surface area contributed by atoms with Gasteiger partial charge in [-0.15, -0.1) is 0 Å². The third-order valence-electron chi connectivity index (χ3n) is 5.21. The third kappa shape index (κ3) is 6.45. The van der Waals surface area contributed by atoms with E-state index in [1.54, 1.807) is 11.0 Å². The maximum Gasteiger partial charge on any atom is 0.191 e. The number of guanidine groups is 1. The highest BCUT2D eigenvalue weighted by Gasteiger charge is 2.16. The van der Waals surface area contributed by atoms with Crippen LogP contribution in [0.3, 0.4) is 0 Å². The predicted octanol–water partition coefficient (Wildman–Crippen LogP) is 1.39. The molecule has 158 valence electrons. The molecular weight excluding hydrogens is 364 g/mol. The molecular formula is C21H34N8. The maximum atomic E-state index is 4.60. The van der Waals surface area contributed by atoms with Crippen molar-refractivity contribution in [1.82, 2.24) is 30.3 Å². The summed E-state index contributed by atoms with van der Waals surface area (Å²) in [4.78, 5) is 13.9. The largest absolute Gasteiger partial charge is 0.369 e. The average Bonchev–Trinajstić information content (AvgIpc) is 3.14. The summed E-state index contributed by atoms with van der Waals surface area (Å²) in [5.74, 6) is 1.69. The zero-order chi connectivity index (χ0) is 20.5. The van der Waals surface area contributed by atoms with Crippen molar-refractivity contribution in [2.24, 2.45) is 12.0 Å². The zero-order valence-electron chi connectivity index (χ0n) is 17.9. The van der Waals surface area contributed by atoms with Gasteiger partial charge < -0.3 is 15.5 Å². The molecule has 2 aromatic rings.